The molecular formula is C13H23NO2. The number of rotatable bonds is 4. The van der Waals surface area contributed by atoms with Gasteiger partial charge in [-0.1, -0.05) is 19.3 Å². The minimum Gasteiger partial charge on any atom is -0.466 e. The Hall–Kier alpha value is -0.570. The van der Waals surface area contributed by atoms with Gasteiger partial charge >= 0.3 is 5.97 Å². The van der Waals surface area contributed by atoms with Gasteiger partial charge in [0, 0.05) is 12.1 Å². The molecule has 0 unspecified atom stereocenters. The summed E-state index contributed by atoms with van der Waals surface area (Å²) in [6.45, 7) is 2.39. The topological polar surface area (TPSA) is 38.3 Å². The summed E-state index contributed by atoms with van der Waals surface area (Å²) in [4.78, 5) is 11.8. The zero-order valence-electron chi connectivity index (χ0n) is 10.2. The predicted molar refractivity (Wildman–Crippen MR) is 63.2 cm³/mol. The first kappa shape index (κ1) is 11.9. The van der Waals surface area contributed by atoms with Gasteiger partial charge in [0.2, 0.25) is 0 Å². The number of esters is 1. The summed E-state index contributed by atoms with van der Waals surface area (Å²) in [6.07, 6.45) is 8.55. The Kier molecular flexibility index (Phi) is 4.22. The van der Waals surface area contributed by atoms with Crippen LogP contribution in [0.2, 0.25) is 0 Å². The van der Waals surface area contributed by atoms with Crippen molar-refractivity contribution in [1.29, 1.82) is 0 Å². The van der Waals surface area contributed by atoms with Crippen LogP contribution in [-0.2, 0) is 9.53 Å². The van der Waals surface area contributed by atoms with Crippen LogP contribution < -0.4 is 5.32 Å². The van der Waals surface area contributed by atoms with Gasteiger partial charge in [-0.15, -0.1) is 0 Å². The molecule has 2 atom stereocenters. The third kappa shape index (κ3) is 2.76. The maximum absolute atomic E-state index is 11.8. The Bertz CT molecular complexity index is 236. The highest BCUT2D eigenvalue weighted by molar-refractivity contribution is 5.73. The minimum atomic E-state index is 0.00972. The van der Waals surface area contributed by atoms with Gasteiger partial charge in [0.1, 0.15) is 0 Å². The fraction of sp³-hybridized carbons (Fsp3) is 0.923. The Morgan fingerprint density at radius 2 is 1.94 bits per heavy atom. The number of carbonyl (C=O) groups is 1. The summed E-state index contributed by atoms with van der Waals surface area (Å²) < 4.78 is 5.14. The van der Waals surface area contributed by atoms with Crippen molar-refractivity contribution in [2.24, 2.45) is 5.92 Å². The quantitative estimate of drug-likeness (QED) is 0.746. The first-order valence-electron chi connectivity index (χ1n) is 6.74. The second-order valence-electron chi connectivity index (χ2n) is 5.04. The van der Waals surface area contributed by atoms with Gasteiger partial charge in [0.25, 0.3) is 0 Å². The van der Waals surface area contributed by atoms with E-state index in [0.29, 0.717) is 18.7 Å². The molecule has 16 heavy (non-hydrogen) atoms. The smallest absolute Gasteiger partial charge is 0.310 e. The van der Waals surface area contributed by atoms with Crippen molar-refractivity contribution >= 4 is 5.97 Å². The van der Waals surface area contributed by atoms with Crippen LogP contribution in [0.3, 0.4) is 0 Å². The highest BCUT2D eigenvalue weighted by atomic mass is 16.5. The summed E-state index contributed by atoms with van der Waals surface area (Å²) in [5.41, 5.74) is 0. The molecule has 0 aliphatic heterocycles. The average Bonchev–Trinajstić information content (AvgIpc) is 2.90. The van der Waals surface area contributed by atoms with Gasteiger partial charge in [-0.3, -0.25) is 4.79 Å². The lowest BCUT2D eigenvalue weighted by atomic mass is 10.0. The van der Waals surface area contributed by atoms with Gasteiger partial charge < -0.3 is 10.1 Å². The standard InChI is InChI=1S/C13H23NO2/c1-2-16-13(15)11-8-5-9-12(11)14-10-6-3-4-7-10/h10-12,14H,2-9H2,1H3/t11-,12-/m0/s1. The Morgan fingerprint density at radius 3 is 2.62 bits per heavy atom. The van der Waals surface area contributed by atoms with Crippen LogP contribution in [0, 0.1) is 5.92 Å². The molecule has 0 radical (unpaired) electrons. The van der Waals surface area contributed by atoms with Crippen molar-refractivity contribution in [3.05, 3.63) is 0 Å². The van der Waals surface area contributed by atoms with Gasteiger partial charge in [-0.25, -0.2) is 0 Å². The van der Waals surface area contributed by atoms with E-state index in [1.807, 2.05) is 6.92 Å². The van der Waals surface area contributed by atoms with E-state index in [9.17, 15) is 4.79 Å². The van der Waals surface area contributed by atoms with Crippen LogP contribution in [0.5, 0.6) is 0 Å². The molecule has 2 aliphatic carbocycles. The Labute approximate surface area is 97.9 Å². The third-order valence-electron chi connectivity index (χ3n) is 3.91. The van der Waals surface area contributed by atoms with Gasteiger partial charge in [-0.2, -0.15) is 0 Å². The Morgan fingerprint density at radius 1 is 1.19 bits per heavy atom. The van der Waals surface area contributed by atoms with E-state index in [1.165, 1.54) is 25.7 Å². The van der Waals surface area contributed by atoms with Crippen molar-refractivity contribution in [3.63, 3.8) is 0 Å². The molecule has 0 spiro atoms. The van der Waals surface area contributed by atoms with Crippen molar-refractivity contribution < 1.29 is 9.53 Å². The first-order chi connectivity index (χ1) is 7.81. The highest BCUT2D eigenvalue weighted by Crippen LogP contribution is 2.29. The lowest BCUT2D eigenvalue weighted by molar-refractivity contribution is -0.148. The van der Waals surface area contributed by atoms with E-state index < -0.39 is 0 Å². The van der Waals surface area contributed by atoms with E-state index in [4.69, 9.17) is 4.74 Å². The van der Waals surface area contributed by atoms with Gasteiger partial charge in [0.05, 0.1) is 12.5 Å². The molecule has 0 aromatic carbocycles. The number of carbonyl (C=O) groups excluding carboxylic acids is 1. The average molecular weight is 225 g/mol. The van der Waals surface area contributed by atoms with Crippen LogP contribution >= 0.6 is 0 Å². The van der Waals surface area contributed by atoms with Crippen LogP contribution in [0.1, 0.15) is 51.9 Å². The molecule has 0 aromatic rings. The molecule has 2 saturated carbocycles. The Balaban J connectivity index is 1.84. The molecule has 0 heterocycles. The van der Waals surface area contributed by atoms with E-state index in [0.717, 1.165) is 19.3 Å². The zero-order chi connectivity index (χ0) is 11.4. The lowest BCUT2D eigenvalue weighted by Gasteiger charge is -2.23. The molecule has 0 saturated heterocycles. The number of hydrogen-bond donors (Lipinski definition) is 1. The van der Waals surface area contributed by atoms with Gasteiger partial charge in [-0.05, 0) is 32.6 Å². The van der Waals surface area contributed by atoms with Gasteiger partial charge in [0.15, 0.2) is 0 Å². The number of hydrogen-bond acceptors (Lipinski definition) is 3. The predicted octanol–water partition coefficient (Wildman–Crippen LogP) is 2.25. The van der Waals surface area contributed by atoms with Crippen molar-refractivity contribution in [1.82, 2.24) is 5.32 Å². The summed E-state index contributed by atoms with van der Waals surface area (Å²) in [6, 6.07) is 1.03. The highest BCUT2D eigenvalue weighted by Gasteiger charge is 2.35. The van der Waals surface area contributed by atoms with E-state index in [1.54, 1.807) is 0 Å². The minimum absolute atomic E-state index is 0.00972. The van der Waals surface area contributed by atoms with E-state index in [2.05, 4.69) is 5.32 Å². The molecule has 2 rings (SSSR count). The van der Waals surface area contributed by atoms with Crippen molar-refractivity contribution in [2.75, 3.05) is 6.61 Å². The summed E-state index contributed by atoms with van der Waals surface area (Å²) in [5, 5.41) is 3.67. The van der Waals surface area contributed by atoms with Crippen LogP contribution in [0.25, 0.3) is 0 Å². The molecule has 0 bridgehead atoms. The summed E-state index contributed by atoms with van der Waals surface area (Å²) in [5.74, 6) is 0.121. The molecule has 1 N–H and O–H groups in total. The molecule has 92 valence electrons. The van der Waals surface area contributed by atoms with Crippen LogP contribution in [-0.4, -0.2) is 24.7 Å². The molecule has 0 aromatic heterocycles. The largest absolute Gasteiger partial charge is 0.466 e. The molecular weight excluding hydrogens is 202 g/mol. The normalized spacial score (nSPS) is 30.8. The fourth-order valence-corrected chi connectivity index (χ4v) is 3.09. The van der Waals surface area contributed by atoms with Crippen LogP contribution in [0.4, 0.5) is 0 Å². The molecule has 0 amide bonds. The third-order valence-corrected chi connectivity index (χ3v) is 3.91. The van der Waals surface area contributed by atoms with Crippen molar-refractivity contribution in [3.8, 4) is 0 Å². The maximum atomic E-state index is 11.8. The van der Waals surface area contributed by atoms with E-state index >= 15 is 0 Å². The lowest BCUT2D eigenvalue weighted by Crippen LogP contribution is -2.42. The summed E-state index contributed by atoms with van der Waals surface area (Å²) >= 11 is 0. The monoisotopic (exact) mass is 225 g/mol. The zero-order valence-corrected chi connectivity index (χ0v) is 10.2. The van der Waals surface area contributed by atoms with Crippen LogP contribution in [0.15, 0.2) is 0 Å². The number of nitrogens with one attached hydrogen (secondary N) is 1. The molecule has 3 nitrogen and oxygen atoms in total. The molecule has 3 heteroatoms. The van der Waals surface area contributed by atoms with Crippen molar-refractivity contribution in [2.45, 2.75) is 64.0 Å². The molecule has 2 aliphatic rings. The second kappa shape index (κ2) is 5.67. The summed E-state index contributed by atoms with van der Waals surface area (Å²) in [7, 11) is 0. The fourth-order valence-electron chi connectivity index (χ4n) is 3.09. The number of ether oxygens (including phenoxy) is 1. The van der Waals surface area contributed by atoms with E-state index in [-0.39, 0.29) is 11.9 Å². The maximum Gasteiger partial charge on any atom is 0.310 e. The second-order valence-corrected chi connectivity index (χ2v) is 5.04. The first-order valence-corrected chi connectivity index (χ1v) is 6.74. The molecule has 2 fully saturated rings. The SMILES string of the molecule is CCOC(=O)[C@H]1CCC[C@@H]1NC1CCCC1.